The summed E-state index contributed by atoms with van der Waals surface area (Å²) in [6.45, 7) is 5.11. The molecule has 1 aromatic heterocycles. The lowest BCUT2D eigenvalue weighted by atomic mass is 10.0. The fourth-order valence-corrected chi connectivity index (χ4v) is 2.20. The summed E-state index contributed by atoms with van der Waals surface area (Å²) in [5, 5.41) is 14.3. The Bertz CT molecular complexity index is 435. The maximum Gasteiger partial charge on any atom is 0.346 e. The lowest BCUT2D eigenvalue weighted by Gasteiger charge is -2.15. The summed E-state index contributed by atoms with van der Waals surface area (Å²) < 4.78 is 3.17. The Morgan fingerprint density at radius 1 is 1.47 bits per heavy atom. The minimum Gasteiger partial charge on any atom is -0.391 e. The highest BCUT2D eigenvalue weighted by Gasteiger charge is 2.20. The van der Waals surface area contributed by atoms with Crippen LogP contribution in [0.4, 0.5) is 0 Å². The van der Waals surface area contributed by atoms with E-state index in [4.69, 9.17) is 0 Å². The molecule has 1 N–H and O–H groups in total. The van der Waals surface area contributed by atoms with Crippen LogP contribution < -0.4 is 5.69 Å². The van der Waals surface area contributed by atoms with Crippen molar-refractivity contribution >= 4 is 0 Å². The normalized spacial score (nSPS) is 18.8. The number of aliphatic hydroxyl groups is 1. The van der Waals surface area contributed by atoms with Crippen LogP contribution in [0.2, 0.25) is 0 Å². The fourth-order valence-electron chi connectivity index (χ4n) is 2.20. The van der Waals surface area contributed by atoms with E-state index in [1.807, 2.05) is 13.8 Å². The molecule has 2 unspecified atom stereocenters. The SMILES string of the molecule is CCC(C)C(O)Cn1nc2n(c1=O)CCCC2. The van der Waals surface area contributed by atoms with Crippen molar-refractivity contribution in [3.8, 4) is 0 Å². The zero-order valence-corrected chi connectivity index (χ0v) is 10.6. The quantitative estimate of drug-likeness (QED) is 0.845. The van der Waals surface area contributed by atoms with Gasteiger partial charge in [-0.15, -0.1) is 0 Å². The highest BCUT2D eigenvalue weighted by molar-refractivity contribution is 4.91. The largest absolute Gasteiger partial charge is 0.391 e. The molecule has 0 aliphatic carbocycles. The van der Waals surface area contributed by atoms with Crippen LogP contribution in [0.1, 0.15) is 38.9 Å². The molecule has 96 valence electrons. The number of hydrogen-bond donors (Lipinski definition) is 1. The van der Waals surface area contributed by atoms with Gasteiger partial charge < -0.3 is 5.11 Å². The summed E-state index contributed by atoms with van der Waals surface area (Å²) >= 11 is 0. The van der Waals surface area contributed by atoms with Crippen LogP contribution in [0.3, 0.4) is 0 Å². The Balaban J connectivity index is 2.17. The van der Waals surface area contributed by atoms with E-state index in [0.717, 1.165) is 38.1 Å². The van der Waals surface area contributed by atoms with Crippen LogP contribution in [0, 0.1) is 5.92 Å². The van der Waals surface area contributed by atoms with Gasteiger partial charge >= 0.3 is 5.69 Å². The number of hydrogen-bond acceptors (Lipinski definition) is 3. The first-order valence-corrected chi connectivity index (χ1v) is 6.48. The Morgan fingerprint density at radius 3 is 2.88 bits per heavy atom. The highest BCUT2D eigenvalue weighted by atomic mass is 16.3. The molecule has 0 radical (unpaired) electrons. The highest BCUT2D eigenvalue weighted by Crippen LogP contribution is 2.11. The summed E-state index contributed by atoms with van der Waals surface area (Å²) in [7, 11) is 0. The van der Waals surface area contributed by atoms with E-state index in [1.54, 1.807) is 4.57 Å². The smallest absolute Gasteiger partial charge is 0.346 e. The monoisotopic (exact) mass is 239 g/mol. The van der Waals surface area contributed by atoms with Gasteiger partial charge in [0, 0.05) is 13.0 Å². The second-order valence-electron chi connectivity index (χ2n) is 4.94. The van der Waals surface area contributed by atoms with Crippen molar-refractivity contribution in [2.24, 2.45) is 5.92 Å². The van der Waals surface area contributed by atoms with Crippen LogP contribution >= 0.6 is 0 Å². The summed E-state index contributed by atoms with van der Waals surface area (Å²) in [6.07, 6.45) is 3.44. The fraction of sp³-hybridized carbons (Fsp3) is 0.833. The van der Waals surface area contributed by atoms with Crippen molar-refractivity contribution in [1.82, 2.24) is 14.3 Å². The molecule has 0 spiro atoms. The Morgan fingerprint density at radius 2 is 2.24 bits per heavy atom. The molecule has 2 rings (SSSR count). The number of nitrogens with zero attached hydrogens (tertiary/aromatic N) is 3. The first-order valence-electron chi connectivity index (χ1n) is 6.48. The third-order valence-corrected chi connectivity index (χ3v) is 3.69. The van der Waals surface area contributed by atoms with E-state index in [9.17, 15) is 9.90 Å². The van der Waals surface area contributed by atoms with Gasteiger partial charge in [0.15, 0.2) is 0 Å². The minimum absolute atomic E-state index is 0.0675. The van der Waals surface area contributed by atoms with E-state index in [0.29, 0.717) is 6.54 Å². The van der Waals surface area contributed by atoms with Gasteiger partial charge in [-0.3, -0.25) is 4.57 Å². The third kappa shape index (κ3) is 2.44. The van der Waals surface area contributed by atoms with Crippen molar-refractivity contribution < 1.29 is 5.11 Å². The average Bonchev–Trinajstić information content (AvgIpc) is 2.66. The molecule has 0 aromatic carbocycles. The summed E-state index contributed by atoms with van der Waals surface area (Å²) in [6, 6.07) is 0. The van der Waals surface area contributed by atoms with E-state index in [-0.39, 0.29) is 11.6 Å². The molecule has 0 amide bonds. The molecular weight excluding hydrogens is 218 g/mol. The van der Waals surface area contributed by atoms with Gasteiger partial charge in [0.1, 0.15) is 5.82 Å². The molecular formula is C12H21N3O2. The molecule has 2 atom stereocenters. The second kappa shape index (κ2) is 5.04. The van der Waals surface area contributed by atoms with Crippen molar-refractivity contribution in [2.45, 2.75) is 58.7 Å². The van der Waals surface area contributed by atoms with Gasteiger partial charge in [0.25, 0.3) is 0 Å². The molecule has 2 heterocycles. The Hall–Kier alpha value is -1.10. The van der Waals surface area contributed by atoms with E-state index < -0.39 is 6.10 Å². The standard InChI is InChI=1S/C12H21N3O2/c1-3-9(2)10(16)8-15-12(17)14-7-5-4-6-11(14)13-15/h9-10,16H,3-8H2,1-2H3. The molecule has 0 fully saturated rings. The number of aliphatic hydroxyl groups excluding tert-OH is 1. The lowest BCUT2D eigenvalue weighted by molar-refractivity contribution is 0.0915. The number of aromatic nitrogens is 3. The molecule has 0 bridgehead atoms. The van der Waals surface area contributed by atoms with Gasteiger partial charge in [0.05, 0.1) is 12.6 Å². The predicted octanol–water partition coefficient (Wildman–Crippen LogP) is 0.788. The van der Waals surface area contributed by atoms with Crippen LogP contribution in [0.5, 0.6) is 0 Å². The van der Waals surface area contributed by atoms with Gasteiger partial charge in [-0.25, -0.2) is 9.48 Å². The van der Waals surface area contributed by atoms with Crippen molar-refractivity contribution in [1.29, 1.82) is 0 Å². The van der Waals surface area contributed by atoms with Gasteiger partial charge in [-0.05, 0) is 18.8 Å². The maximum absolute atomic E-state index is 12.0. The Kier molecular flexibility index (Phi) is 3.66. The van der Waals surface area contributed by atoms with Crippen LogP contribution in [0.15, 0.2) is 4.79 Å². The van der Waals surface area contributed by atoms with Crippen molar-refractivity contribution in [3.63, 3.8) is 0 Å². The van der Waals surface area contributed by atoms with Crippen LogP contribution in [-0.2, 0) is 19.5 Å². The van der Waals surface area contributed by atoms with Gasteiger partial charge in [-0.2, -0.15) is 5.10 Å². The molecule has 0 saturated heterocycles. The lowest BCUT2D eigenvalue weighted by Crippen LogP contribution is -2.32. The molecule has 0 saturated carbocycles. The number of aryl methyl sites for hydroxylation is 1. The van der Waals surface area contributed by atoms with Crippen LogP contribution in [0.25, 0.3) is 0 Å². The zero-order chi connectivity index (χ0) is 12.4. The zero-order valence-electron chi connectivity index (χ0n) is 10.6. The maximum atomic E-state index is 12.0. The first-order chi connectivity index (χ1) is 8.13. The average molecular weight is 239 g/mol. The summed E-state index contributed by atoms with van der Waals surface area (Å²) in [4.78, 5) is 12.0. The second-order valence-corrected chi connectivity index (χ2v) is 4.94. The predicted molar refractivity (Wildman–Crippen MR) is 64.9 cm³/mol. The molecule has 1 aromatic rings. The third-order valence-electron chi connectivity index (χ3n) is 3.69. The van der Waals surface area contributed by atoms with E-state index in [1.165, 1.54) is 4.68 Å². The Labute approximate surface area is 101 Å². The minimum atomic E-state index is -0.491. The van der Waals surface area contributed by atoms with Crippen molar-refractivity contribution in [2.75, 3.05) is 0 Å². The topological polar surface area (TPSA) is 60.0 Å². The summed E-state index contributed by atoms with van der Waals surface area (Å²) in [5.74, 6) is 1.07. The summed E-state index contributed by atoms with van der Waals surface area (Å²) in [5.41, 5.74) is -0.0675. The first kappa shape index (κ1) is 12.4. The molecule has 17 heavy (non-hydrogen) atoms. The molecule has 5 nitrogen and oxygen atoms in total. The molecule has 1 aliphatic heterocycles. The number of fused-ring (bicyclic) bond motifs is 1. The van der Waals surface area contributed by atoms with Crippen molar-refractivity contribution in [3.05, 3.63) is 16.3 Å². The molecule has 5 heteroatoms. The van der Waals surface area contributed by atoms with Gasteiger partial charge in [-0.1, -0.05) is 20.3 Å². The van der Waals surface area contributed by atoms with E-state index in [2.05, 4.69) is 5.10 Å². The van der Waals surface area contributed by atoms with E-state index >= 15 is 0 Å². The van der Waals surface area contributed by atoms with Gasteiger partial charge in [0.2, 0.25) is 0 Å². The van der Waals surface area contributed by atoms with Crippen LogP contribution in [-0.4, -0.2) is 25.6 Å². The number of rotatable bonds is 4. The molecule has 1 aliphatic rings.